The Labute approximate surface area is 121 Å². The summed E-state index contributed by atoms with van der Waals surface area (Å²) >= 11 is 5.73. The standard InChI is InChI=1S/C15H11ClFNO2/c1-19-15-7-10(9-18)5-6-14(15)20-13-4-2-3-12(17)11(13)8-16/h2-7H,8H2,1H3. The third-order valence-corrected chi connectivity index (χ3v) is 2.99. The molecule has 2 aromatic carbocycles. The van der Waals surface area contributed by atoms with Gasteiger partial charge in [0.15, 0.2) is 11.5 Å². The molecule has 0 heterocycles. The van der Waals surface area contributed by atoms with Gasteiger partial charge in [0.1, 0.15) is 11.6 Å². The van der Waals surface area contributed by atoms with Gasteiger partial charge < -0.3 is 9.47 Å². The van der Waals surface area contributed by atoms with Crippen LogP contribution in [0.25, 0.3) is 0 Å². The number of alkyl halides is 1. The summed E-state index contributed by atoms with van der Waals surface area (Å²) in [5.74, 6) is 0.686. The molecular weight excluding hydrogens is 281 g/mol. The normalized spacial score (nSPS) is 9.90. The highest BCUT2D eigenvalue weighted by Crippen LogP contribution is 2.34. The van der Waals surface area contributed by atoms with Crippen molar-refractivity contribution >= 4 is 11.6 Å². The summed E-state index contributed by atoms with van der Waals surface area (Å²) in [4.78, 5) is 0. The number of hydrogen-bond donors (Lipinski definition) is 0. The molecule has 0 amide bonds. The van der Waals surface area contributed by atoms with E-state index >= 15 is 0 Å². The van der Waals surface area contributed by atoms with Crippen LogP contribution in [0.15, 0.2) is 36.4 Å². The van der Waals surface area contributed by atoms with E-state index in [0.29, 0.717) is 22.8 Å². The predicted molar refractivity (Wildman–Crippen MR) is 73.7 cm³/mol. The van der Waals surface area contributed by atoms with E-state index in [9.17, 15) is 4.39 Å². The van der Waals surface area contributed by atoms with Crippen LogP contribution in [0.4, 0.5) is 4.39 Å². The first-order chi connectivity index (χ1) is 9.69. The van der Waals surface area contributed by atoms with Crippen molar-refractivity contribution in [3.63, 3.8) is 0 Å². The van der Waals surface area contributed by atoms with Crippen LogP contribution in [-0.2, 0) is 5.88 Å². The van der Waals surface area contributed by atoms with Gasteiger partial charge >= 0.3 is 0 Å². The summed E-state index contributed by atoms with van der Waals surface area (Å²) in [6, 6.07) is 11.2. The fourth-order valence-electron chi connectivity index (χ4n) is 1.70. The van der Waals surface area contributed by atoms with Gasteiger partial charge in [0, 0.05) is 11.6 Å². The molecule has 2 aromatic rings. The minimum atomic E-state index is -0.426. The van der Waals surface area contributed by atoms with Crippen molar-refractivity contribution in [3.05, 3.63) is 53.3 Å². The molecule has 0 aromatic heterocycles. The monoisotopic (exact) mass is 291 g/mol. The van der Waals surface area contributed by atoms with E-state index in [1.54, 1.807) is 24.3 Å². The van der Waals surface area contributed by atoms with Crippen molar-refractivity contribution in [1.82, 2.24) is 0 Å². The van der Waals surface area contributed by atoms with Crippen molar-refractivity contribution in [2.45, 2.75) is 5.88 Å². The number of hydrogen-bond acceptors (Lipinski definition) is 3. The molecule has 0 bridgehead atoms. The number of halogens is 2. The highest BCUT2D eigenvalue weighted by Gasteiger charge is 2.12. The van der Waals surface area contributed by atoms with E-state index in [4.69, 9.17) is 26.3 Å². The van der Waals surface area contributed by atoms with Crippen molar-refractivity contribution in [1.29, 1.82) is 5.26 Å². The average molecular weight is 292 g/mol. The van der Waals surface area contributed by atoms with Crippen LogP contribution < -0.4 is 9.47 Å². The minimum absolute atomic E-state index is 0.000596. The lowest BCUT2D eigenvalue weighted by molar-refractivity contribution is 0.377. The molecule has 5 heteroatoms. The number of nitrogens with zero attached hydrogens (tertiary/aromatic N) is 1. The number of rotatable bonds is 4. The molecular formula is C15H11ClFNO2. The molecule has 0 aliphatic heterocycles. The molecule has 0 radical (unpaired) electrons. The Morgan fingerprint density at radius 3 is 2.65 bits per heavy atom. The first-order valence-electron chi connectivity index (χ1n) is 5.79. The molecule has 20 heavy (non-hydrogen) atoms. The maximum Gasteiger partial charge on any atom is 0.169 e. The zero-order valence-corrected chi connectivity index (χ0v) is 11.4. The van der Waals surface area contributed by atoms with Gasteiger partial charge in [0.05, 0.1) is 24.6 Å². The van der Waals surface area contributed by atoms with Gasteiger partial charge in [-0.25, -0.2) is 4.39 Å². The molecule has 0 spiro atoms. The van der Waals surface area contributed by atoms with E-state index in [2.05, 4.69) is 0 Å². The Balaban J connectivity index is 2.40. The highest BCUT2D eigenvalue weighted by atomic mass is 35.5. The largest absolute Gasteiger partial charge is 0.493 e. The summed E-state index contributed by atoms with van der Waals surface area (Å²) < 4.78 is 24.4. The van der Waals surface area contributed by atoms with E-state index in [1.165, 1.54) is 19.2 Å². The second-order valence-corrected chi connectivity index (χ2v) is 4.20. The van der Waals surface area contributed by atoms with Crippen LogP contribution in [0.5, 0.6) is 17.2 Å². The number of nitriles is 1. The Bertz CT molecular complexity index is 667. The van der Waals surface area contributed by atoms with Gasteiger partial charge in [-0.2, -0.15) is 5.26 Å². The Morgan fingerprint density at radius 1 is 1.20 bits per heavy atom. The lowest BCUT2D eigenvalue weighted by atomic mass is 10.2. The third-order valence-electron chi connectivity index (χ3n) is 2.72. The van der Waals surface area contributed by atoms with E-state index in [0.717, 1.165) is 0 Å². The summed E-state index contributed by atoms with van der Waals surface area (Å²) in [6.07, 6.45) is 0. The van der Waals surface area contributed by atoms with Crippen molar-refractivity contribution in [2.75, 3.05) is 7.11 Å². The molecule has 0 fully saturated rings. The van der Waals surface area contributed by atoms with Gasteiger partial charge in [0.25, 0.3) is 0 Å². The van der Waals surface area contributed by atoms with Crippen LogP contribution in [0.2, 0.25) is 0 Å². The quantitative estimate of drug-likeness (QED) is 0.791. The molecule has 0 saturated heterocycles. The minimum Gasteiger partial charge on any atom is -0.493 e. The molecule has 3 nitrogen and oxygen atoms in total. The molecule has 0 aliphatic carbocycles. The summed E-state index contributed by atoms with van der Waals surface area (Å²) in [5.41, 5.74) is 0.728. The number of ether oxygens (including phenoxy) is 2. The summed E-state index contributed by atoms with van der Waals surface area (Å²) in [7, 11) is 1.47. The molecule has 0 atom stereocenters. The van der Waals surface area contributed by atoms with Crippen molar-refractivity contribution < 1.29 is 13.9 Å². The molecule has 2 rings (SSSR count). The van der Waals surface area contributed by atoms with E-state index in [-0.39, 0.29) is 11.4 Å². The fraction of sp³-hybridized carbons (Fsp3) is 0.133. The van der Waals surface area contributed by atoms with Gasteiger partial charge in [-0.1, -0.05) is 6.07 Å². The first-order valence-corrected chi connectivity index (χ1v) is 6.32. The second-order valence-electron chi connectivity index (χ2n) is 3.93. The maximum atomic E-state index is 13.6. The van der Waals surface area contributed by atoms with Crippen LogP contribution in [0.3, 0.4) is 0 Å². The van der Waals surface area contributed by atoms with E-state index < -0.39 is 5.82 Å². The Kier molecular flexibility index (Phi) is 4.44. The lowest BCUT2D eigenvalue weighted by Gasteiger charge is -2.13. The van der Waals surface area contributed by atoms with Crippen LogP contribution in [-0.4, -0.2) is 7.11 Å². The smallest absolute Gasteiger partial charge is 0.169 e. The molecule has 0 aliphatic rings. The number of methoxy groups -OCH3 is 1. The zero-order valence-electron chi connectivity index (χ0n) is 10.7. The second kappa shape index (κ2) is 6.27. The zero-order chi connectivity index (χ0) is 14.5. The van der Waals surface area contributed by atoms with E-state index in [1.807, 2.05) is 6.07 Å². The highest BCUT2D eigenvalue weighted by molar-refractivity contribution is 6.17. The molecule has 0 unspecified atom stereocenters. The molecule has 0 N–H and O–H groups in total. The number of benzene rings is 2. The predicted octanol–water partition coefficient (Wildman–Crippen LogP) is 4.24. The maximum absolute atomic E-state index is 13.6. The Morgan fingerprint density at radius 2 is 2.00 bits per heavy atom. The third kappa shape index (κ3) is 2.84. The lowest BCUT2D eigenvalue weighted by Crippen LogP contribution is -1.95. The van der Waals surface area contributed by atoms with Crippen LogP contribution in [0.1, 0.15) is 11.1 Å². The molecule has 102 valence electrons. The molecule has 0 saturated carbocycles. The van der Waals surface area contributed by atoms with Gasteiger partial charge in [0.2, 0.25) is 0 Å². The SMILES string of the molecule is COc1cc(C#N)ccc1Oc1cccc(F)c1CCl. The first kappa shape index (κ1) is 14.2. The summed E-state index contributed by atoms with van der Waals surface area (Å²) in [5, 5.41) is 8.84. The Hall–Kier alpha value is -2.25. The van der Waals surface area contributed by atoms with Crippen LogP contribution >= 0.6 is 11.6 Å². The van der Waals surface area contributed by atoms with Crippen LogP contribution in [0, 0.1) is 17.1 Å². The van der Waals surface area contributed by atoms with Gasteiger partial charge in [-0.05, 0) is 24.3 Å². The summed E-state index contributed by atoms with van der Waals surface area (Å²) in [6.45, 7) is 0. The fourth-order valence-corrected chi connectivity index (χ4v) is 1.96. The van der Waals surface area contributed by atoms with Gasteiger partial charge in [-0.15, -0.1) is 11.6 Å². The topological polar surface area (TPSA) is 42.2 Å². The van der Waals surface area contributed by atoms with Gasteiger partial charge in [-0.3, -0.25) is 0 Å². The van der Waals surface area contributed by atoms with Crippen molar-refractivity contribution in [3.8, 4) is 23.3 Å². The average Bonchev–Trinajstić information content (AvgIpc) is 2.48. The van der Waals surface area contributed by atoms with Crippen molar-refractivity contribution in [2.24, 2.45) is 0 Å².